The number of nitrogens with zero attached hydrogens (tertiary/aromatic N) is 2. The fraction of sp³-hybridized carbons (Fsp3) is 0.481. The summed E-state index contributed by atoms with van der Waals surface area (Å²) in [5.74, 6) is -0.191. The van der Waals surface area contributed by atoms with Crippen LogP contribution in [0.15, 0.2) is 47.4 Å². The molecule has 1 fully saturated rings. The van der Waals surface area contributed by atoms with Crippen LogP contribution in [-0.4, -0.2) is 43.7 Å². The summed E-state index contributed by atoms with van der Waals surface area (Å²) < 4.78 is 28.2. The predicted molar refractivity (Wildman–Crippen MR) is 135 cm³/mol. The van der Waals surface area contributed by atoms with Gasteiger partial charge in [-0.3, -0.25) is 9.59 Å². The second kappa shape index (κ2) is 9.39. The van der Waals surface area contributed by atoms with Crippen molar-refractivity contribution in [3.63, 3.8) is 0 Å². The molecular formula is C27H33N3O4S. The van der Waals surface area contributed by atoms with E-state index in [9.17, 15) is 18.0 Å². The van der Waals surface area contributed by atoms with Crippen molar-refractivity contribution in [1.82, 2.24) is 9.62 Å². The van der Waals surface area contributed by atoms with Crippen LogP contribution in [0.4, 0.5) is 5.69 Å². The van der Waals surface area contributed by atoms with Crippen molar-refractivity contribution in [2.45, 2.75) is 69.4 Å². The number of sulfonamides is 1. The molecule has 7 nitrogen and oxygen atoms in total. The molecule has 0 saturated carbocycles. The van der Waals surface area contributed by atoms with Crippen LogP contribution in [0.2, 0.25) is 0 Å². The summed E-state index contributed by atoms with van der Waals surface area (Å²) in [5.41, 5.74) is 4.20. The minimum atomic E-state index is -3.66. The third-order valence-electron chi connectivity index (χ3n) is 7.75. The lowest BCUT2D eigenvalue weighted by molar-refractivity contribution is -0.127. The molecule has 1 saturated heterocycles. The average Bonchev–Trinajstić information content (AvgIpc) is 3.19. The van der Waals surface area contributed by atoms with Crippen molar-refractivity contribution in [3.05, 3.63) is 59.2 Å². The number of aryl methyl sites for hydroxylation is 1. The van der Waals surface area contributed by atoms with E-state index < -0.39 is 10.0 Å². The van der Waals surface area contributed by atoms with Gasteiger partial charge in [0.2, 0.25) is 21.8 Å². The minimum Gasteiger partial charge on any atom is -0.349 e. The number of carbonyl (C=O) groups is 2. The normalized spacial score (nSPS) is 23.0. The van der Waals surface area contributed by atoms with Gasteiger partial charge in [-0.25, -0.2) is 8.42 Å². The molecular weight excluding hydrogens is 462 g/mol. The summed E-state index contributed by atoms with van der Waals surface area (Å²) in [6.07, 6.45) is 4.72. The summed E-state index contributed by atoms with van der Waals surface area (Å²) in [6, 6.07) is 13.4. The van der Waals surface area contributed by atoms with Gasteiger partial charge >= 0.3 is 0 Å². The van der Waals surface area contributed by atoms with Crippen molar-refractivity contribution in [2.75, 3.05) is 18.0 Å². The standard InChI is InChI=1S/C27H33N3O4S/c1-18-16-22-17-23(10-11-26(22)30(18)19(2)31)35(33,34)29-14-12-21(13-15-29)27(32)28-25-9-5-7-20-6-3-4-8-24(20)25/h3-4,6,8,10-11,17-18,21,25H,5,7,9,12-16H2,1-2H3,(H,28,32). The van der Waals surface area contributed by atoms with E-state index in [1.165, 1.54) is 22.4 Å². The van der Waals surface area contributed by atoms with Gasteiger partial charge < -0.3 is 10.2 Å². The smallest absolute Gasteiger partial charge is 0.243 e. The molecule has 2 heterocycles. The first kappa shape index (κ1) is 24.0. The van der Waals surface area contributed by atoms with E-state index in [4.69, 9.17) is 0 Å². The Labute approximate surface area is 207 Å². The summed E-state index contributed by atoms with van der Waals surface area (Å²) in [7, 11) is -3.66. The van der Waals surface area contributed by atoms with Crippen LogP contribution in [0, 0.1) is 5.92 Å². The van der Waals surface area contributed by atoms with Gasteiger partial charge in [0.1, 0.15) is 0 Å². The number of nitrogens with one attached hydrogen (secondary N) is 1. The highest BCUT2D eigenvalue weighted by Crippen LogP contribution is 2.35. The summed E-state index contributed by atoms with van der Waals surface area (Å²) in [4.78, 5) is 27.0. The molecule has 8 heteroatoms. The Morgan fingerprint density at radius 2 is 1.74 bits per heavy atom. The highest BCUT2D eigenvalue weighted by atomic mass is 32.2. The maximum Gasteiger partial charge on any atom is 0.243 e. The minimum absolute atomic E-state index is 0.0193. The molecule has 2 aliphatic heterocycles. The Kier molecular flexibility index (Phi) is 6.44. The van der Waals surface area contributed by atoms with E-state index in [0.29, 0.717) is 32.4 Å². The Bertz CT molecular complexity index is 1250. The molecule has 2 aromatic carbocycles. The molecule has 2 aromatic rings. The highest BCUT2D eigenvalue weighted by molar-refractivity contribution is 7.89. The van der Waals surface area contributed by atoms with Crippen molar-refractivity contribution in [2.24, 2.45) is 5.92 Å². The van der Waals surface area contributed by atoms with E-state index in [1.807, 2.05) is 19.1 Å². The van der Waals surface area contributed by atoms with Crippen LogP contribution in [-0.2, 0) is 32.5 Å². The average molecular weight is 496 g/mol. The molecule has 186 valence electrons. The van der Waals surface area contributed by atoms with Gasteiger partial charge in [0, 0.05) is 37.7 Å². The highest BCUT2D eigenvalue weighted by Gasteiger charge is 2.35. The molecule has 2 unspecified atom stereocenters. The molecule has 35 heavy (non-hydrogen) atoms. The molecule has 2 amide bonds. The molecule has 0 spiro atoms. The zero-order valence-electron chi connectivity index (χ0n) is 20.4. The van der Waals surface area contributed by atoms with E-state index in [1.54, 1.807) is 23.1 Å². The predicted octanol–water partition coefficient (Wildman–Crippen LogP) is 3.58. The zero-order valence-corrected chi connectivity index (χ0v) is 21.2. The van der Waals surface area contributed by atoms with E-state index >= 15 is 0 Å². The van der Waals surface area contributed by atoms with Crippen LogP contribution >= 0.6 is 0 Å². The van der Waals surface area contributed by atoms with Gasteiger partial charge in [-0.15, -0.1) is 0 Å². The van der Waals surface area contributed by atoms with Gasteiger partial charge in [0.05, 0.1) is 10.9 Å². The fourth-order valence-corrected chi connectivity index (χ4v) is 7.47. The number of benzene rings is 2. The Balaban J connectivity index is 1.23. The van der Waals surface area contributed by atoms with Crippen LogP contribution in [0.25, 0.3) is 0 Å². The topological polar surface area (TPSA) is 86.8 Å². The van der Waals surface area contributed by atoms with Gasteiger partial charge in [-0.1, -0.05) is 24.3 Å². The number of piperidine rings is 1. The van der Waals surface area contributed by atoms with Crippen LogP contribution in [0.1, 0.15) is 62.3 Å². The van der Waals surface area contributed by atoms with Crippen LogP contribution in [0.3, 0.4) is 0 Å². The lowest BCUT2D eigenvalue weighted by atomic mass is 9.87. The molecule has 0 radical (unpaired) electrons. The van der Waals surface area contributed by atoms with Crippen molar-refractivity contribution < 1.29 is 18.0 Å². The maximum absolute atomic E-state index is 13.4. The number of amides is 2. The SMILES string of the molecule is CC(=O)N1c2ccc(S(=O)(=O)N3CCC(C(=O)NC4CCCc5ccccc54)CC3)cc2CC1C. The van der Waals surface area contributed by atoms with Crippen molar-refractivity contribution in [3.8, 4) is 0 Å². The van der Waals surface area contributed by atoms with Crippen molar-refractivity contribution in [1.29, 1.82) is 0 Å². The summed E-state index contributed by atoms with van der Waals surface area (Å²) in [5, 5.41) is 3.24. The molecule has 0 aromatic heterocycles. The van der Waals surface area contributed by atoms with Gasteiger partial charge in [0.15, 0.2) is 0 Å². The second-order valence-electron chi connectivity index (χ2n) is 10.1. The number of rotatable bonds is 4. The molecule has 3 aliphatic rings. The third kappa shape index (κ3) is 4.49. The Morgan fingerprint density at radius 1 is 1.00 bits per heavy atom. The third-order valence-corrected chi connectivity index (χ3v) is 9.65. The van der Waals surface area contributed by atoms with E-state index in [0.717, 1.165) is 30.5 Å². The number of carbonyl (C=O) groups excluding carboxylic acids is 2. The fourth-order valence-electron chi connectivity index (χ4n) is 5.95. The van der Waals surface area contributed by atoms with Gasteiger partial charge in [-0.05, 0) is 80.3 Å². The number of anilines is 1. The molecule has 1 N–H and O–H groups in total. The van der Waals surface area contributed by atoms with Gasteiger partial charge in [-0.2, -0.15) is 4.31 Å². The van der Waals surface area contributed by atoms with Crippen LogP contribution in [0.5, 0.6) is 0 Å². The molecule has 0 bridgehead atoms. The van der Waals surface area contributed by atoms with Gasteiger partial charge in [0.25, 0.3) is 0 Å². The Hall–Kier alpha value is -2.71. The molecule has 5 rings (SSSR count). The second-order valence-corrected chi connectivity index (χ2v) is 12.0. The first-order valence-electron chi connectivity index (χ1n) is 12.6. The zero-order chi connectivity index (χ0) is 24.7. The molecule has 2 atom stereocenters. The summed E-state index contributed by atoms with van der Waals surface area (Å²) >= 11 is 0. The lowest BCUT2D eigenvalue weighted by Crippen LogP contribution is -2.44. The first-order chi connectivity index (χ1) is 16.8. The largest absolute Gasteiger partial charge is 0.349 e. The summed E-state index contributed by atoms with van der Waals surface area (Å²) in [6.45, 7) is 4.16. The number of fused-ring (bicyclic) bond motifs is 2. The lowest BCUT2D eigenvalue weighted by Gasteiger charge is -2.33. The van der Waals surface area contributed by atoms with Crippen LogP contribution < -0.4 is 10.2 Å². The van der Waals surface area contributed by atoms with E-state index in [-0.39, 0.29) is 34.7 Å². The maximum atomic E-state index is 13.4. The monoisotopic (exact) mass is 495 g/mol. The first-order valence-corrected chi connectivity index (χ1v) is 14.0. The van der Waals surface area contributed by atoms with E-state index in [2.05, 4.69) is 17.4 Å². The Morgan fingerprint density at radius 3 is 2.49 bits per heavy atom. The quantitative estimate of drug-likeness (QED) is 0.703. The number of hydrogen-bond acceptors (Lipinski definition) is 4. The number of hydrogen-bond donors (Lipinski definition) is 1. The molecule has 1 aliphatic carbocycles. The van der Waals surface area contributed by atoms with Crippen molar-refractivity contribution >= 4 is 27.5 Å².